The van der Waals surface area contributed by atoms with Gasteiger partial charge in [0.25, 0.3) is 0 Å². The average Bonchev–Trinajstić information content (AvgIpc) is 2.82. The topological polar surface area (TPSA) is 91.4 Å². The Balaban J connectivity index is 1.90. The van der Waals surface area contributed by atoms with Gasteiger partial charge in [-0.05, 0) is 25.0 Å². The monoisotopic (exact) mass is 469 g/mol. The number of hydrogen-bond acceptors (Lipinski definition) is 7. The van der Waals surface area contributed by atoms with Crippen molar-refractivity contribution < 1.29 is 33.3 Å². The summed E-state index contributed by atoms with van der Waals surface area (Å²) in [4.78, 5) is 39.9. The Morgan fingerprint density at radius 3 is 2.24 bits per heavy atom. The molecule has 1 fully saturated rings. The molecule has 8 heteroatoms. The van der Waals surface area contributed by atoms with Gasteiger partial charge >= 0.3 is 11.9 Å². The maximum Gasteiger partial charge on any atom is 0.331 e. The summed E-state index contributed by atoms with van der Waals surface area (Å²) in [6, 6.07) is 18.4. The van der Waals surface area contributed by atoms with E-state index < -0.39 is 29.0 Å². The predicted molar refractivity (Wildman–Crippen MR) is 124 cm³/mol. The molecule has 0 spiro atoms. The Labute approximate surface area is 199 Å². The third-order valence-electron chi connectivity index (χ3n) is 5.95. The number of benzene rings is 2. The van der Waals surface area contributed by atoms with Crippen LogP contribution in [0.2, 0.25) is 0 Å². The molecule has 0 N–H and O–H groups in total. The zero-order valence-electron chi connectivity index (χ0n) is 20.0. The second-order valence-corrected chi connectivity index (χ2v) is 8.78. The Hall–Kier alpha value is -3.23. The molecule has 2 unspecified atom stereocenters. The van der Waals surface area contributed by atoms with Gasteiger partial charge in [0.15, 0.2) is 0 Å². The fourth-order valence-corrected chi connectivity index (χ4v) is 4.02. The lowest BCUT2D eigenvalue weighted by molar-refractivity contribution is -0.220. The number of methoxy groups -OCH3 is 1. The molecule has 1 saturated heterocycles. The standard InChI is InChI=1S/C26H31NO7/c1-19(28)33-17-26(16-31-4)22(21-13-9-6-10-14-21)23(29)27(18-34-26)25(2,3)24(30)32-15-20-11-7-5-8-12-20/h5-14,22H,15-18H2,1-4H3. The number of amides is 1. The van der Waals surface area contributed by atoms with E-state index in [1.807, 2.05) is 48.5 Å². The molecule has 1 aliphatic heterocycles. The predicted octanol–water partition coefficient (Wildman–Crippen LogP) is 3.06. The molecule has 0 aromatic heterocycles. The Morgan fingerprint density at radius 1 is 1.03 bits per heavy atom. The van der Waals surface area contributed by atoms with Gasteiger partial charge in [-0.1, -0.05) is 60.7 Å². The minimum Gasteiger partial charge on any atom is -0.463 e. The van der Waals surface area contributed by atoms with Crippen LogP contribution < -0.4 is 0 Å². The van der Waals surface area contributed by atoms with Gasteiger partial charge in [0.05, 0.1) is 12.5 Å². The third-order valence-corrected chi connectivity index (χ3v) is 5.95. The smallest absolute Gasteiger partial charge is 0.331 e. The fraction of sp³-hybridized carbons (Fsp3) is 0.423. The van der Waals surface area contributed by atoms with Gasteiger partial charge in [0.2, 0.25) is 5.91 Å². The van der Waals surface area contributed by atoms with E-state index in [0.717, 1.165) is 5.56 Å². The molecule has 3 rings (SSSR count). The van der Waals surface area contributed by atoms with Crippen molar-refractivity contribution in [2.24, 2.45) is 0 Å². The van der Waals surface area contributed by atoms with Gasteiger partial charge < -0.3 is 23.8 Å². The first kappa shape index (κ1) is 25.4. The van der Waals surface area contributed by atoms with Crippen LogP contribution in [0.15, 0.2) is 60.7 Å². The lowest BCUT2D eigenvalue weighted by Crippen LogP contribution is -2.66. The van der Waals surface area contributed by atoms with Crippen LogP contribution in [0.25, 0.3) is 0 Å². The first-order chi connectivity index (χ1) is 16.2. The summed E-state index contributed by atoms with van der Waals surface area (Å²) in [5.41, 5.74) is -1.05. The van der Waals surface area contributed by atoms with E-state index >= 15 is 0 Å². The van der Waals surface area contributed by atoms with Crippen LogP contribution in [-0.2, 0) is 39.9 Å². The first-order valence-corrected chi connectivity index (χ1v) is 11.0. The van der Waals surface area contributed by atoms with Gasteiger partial charge in [0.1, 0.15) is 31.1 Å². The SMILES string of the molecule is COCC1(COC(C)=O)OCN(C(C)(C)C(=O)OCc2ccccc2)C(=O)C1c1ccccc1. The largest absolute Gasteiger partial charge is 0.463 e. The molecule has 34 heavy (non-hydrogen) atoms. The molecule has 1 aliphatic rings. The molecule has 0 radical (unpaired) electrons. The highest BCUT2D eigenvalue weighted by Gasteiger charge is 2.55. The highest BCUT2D eigenvalue weighted by Crippen LogP contribution is 2.40. The van der Waals surface area contributed by atoms with Crippen LogP contribution in [0.5, 0.6) is 0 Å². The Bertz CT molecular complexity index is 993. The Morgan fingerprint density at radius 2 is 1.65 bits per heavy atom. The maximum atomic E-state index is 13.9. The number of nitrogens with zero attached hydrogens (tertiary/aromatic N) is 1. The van der Waals surface area contributed by atoms with E-state index in [-0.39, 0.29) is 32.5 Å². The number of hydrogen-bond donors (Lipinski definition) is 0. The molecule has 2 aromatic carbocycles. The number of carbonyl (C=O) groups is 3. The molecule has 2 aromatic rings. The zero-order valence-corrected chi connectivity index (χ0v) is 20.0. The molecular formula is C26H31NO7. The van der Waals surface area contributed by atoms with Crippen LogP contribution in [0, 0.1) is 0 Å². The summed E-state index contributed by atoms with van der Waals surface area (Å²) in [7, 11) is 1.49. The summed E-state index contributed by atoms with van der Waals surface area (Å²) in [5, 5.41) is 0. The molecule has 2 atom stereocenters. The number of ether oxygens (including phenoxy) is 4. The maximum absolute atomic E-state index is 13.9. The van der Waals surface area contributed by atoms with Crippen molar-refractivity contribution in [3.05, 3.63) is 71.8 Å². The van der Waals surface area contributed by atoms with E-state index in [0.29, 0.717) is 5.56 Å². The number of rotatable bonds is 9. The van der Waals surface area contributed by atoms with Crippen molar-refractivity contribution in [3.8, 4) is 0 Å². The van der Waals surface area contributed by atoms with E-state index in [2.05, 4.69) is 0 Å². The van der Waals surface area contributed by atoms with Gasteiger partial charge in [-0.2, -0.15) is 0 Å². The van der Waals surface area contributed by atoms with Gasteiger partial charge in [-0.15, -0.1) is 0 Å². The number of esters is 2. The molecule has 1 amide bonds. The minimum absolute atomic E-state index is 0.0122. The van der Waals surface area contributed by atoms with Crippen LogP contribution in [0.4, 0.5) is 0 Å². The molecule has 0 aliphatic carbocycles. The Kier molecular flexibility index (Phi) is 8.06. The summed E-state index contributed by atoms with van der Waals surface area (Å²) < 4.78 is 22.4. The third kappa shape index (κ3) is 5.46. The second kappa shape index (κ2) is 10.8. The van der Waals surface area contributed by atoms with Crippen molar-refractivity contribution in [2.75, 3.05) is 27.1 Å². The highest BCUT2D eigenvalue weighted by atomic mass is 16.6. The first-order valence-electron chi connectivity index (χ1n) is 11.0. The lowest BCUT2D eigenvalue weighted by Gasteiger charge is -2.49. The van der Waals surface area contributed by atoms with Crippen LogP contribution in [0.3, 0.4) is 0 Å². The number of carbonyl (C=O) groups excluding carboxylic acids is 3. The molecule has 0 saturated carbocycles. The summed E-state index contributed by atoms with van der Waals surface area (Å²) >= 11 is 0. The normalized spacial score (nSPS) is 20.6. The van der Waals surface area contributed by atoms with Crippen molar-refractivity contribution in [1.29, 1.82) is 0 Å². The van der Waals surface area contributed by atoms with Gasteiger partial charge in [-0.3, -0.25) is 9.59 Å². The zero-order chi connectivity index (χ0) is 24.8. The molecule has 8 nitrogen and oxygen atoms in total. The van der Waals surface area contributed by atoms with E-state index in [1.165, 1.54) is 18.9 Å². The van der Waals surface area contributed by atoms with Crippen LogP contribution in [0.1, 0.15) is 37.8 Å². The van der Waals surface area contributed by atoms with Crippen LogP contribution >= 0.6 is 0 Å². The van der Waals surface area contributed by atoms with Crippen molar-refractivity contribution in [1.82, 2.24) is 4.90 Å². The average molecular weight is 470 g/mol. The molecule has 1 heterocycles. The van der Waals surface area contributed by atoms with E-state index in [1.54, 1.807) is 26.0 Å². The van der Waals surface area contributed by atoms with Gasteiger partial charge in [-0.25, -0.2) is 4.79 Å². The summed E-state index contributed by atoms with van der Waals surface area (Å²) in [6.45, 7) is 4.28. The van der Waals surface area contributed by atoms with Crippen molar-refractivity contribution in [3.63, 3.8) is 0 Å². The van der Waals surface area contributed by atoms with Crippen LogP contribution in [-0.4, -0.2) is 60.9 Å². The quantitative estimate of drug-likeness (QED) is 0.521. The van der Waals surface area contributed by atoms with Gasteiger partial charge in [0, 0.05) is 14.0 Å². The minimum atomic E-state index is -1.31. The van der Waals surface area contributed by atoms with E-state index in [9.17, 15) is 14.4 Å². The summed E-state index contributed by atoms with van der Waals surface area (Å²) in [5.74, 6) is -2.27. The fourth-order valence-electron chi connectivity index (χ4n) is 4.02. The van der Waals surface area contributed by atoms with Crippen molar-refractivity contribution in [2.45, 2.75) is 44.4 Å². The molecule has 0 bridgehead atoms. The molecular weight excluding hydrogens is 438 g/mol. The second-order valence-electron chi connectivity index (χ2n) is 8.78. The summed E-state index contributed by atoms with van der Waals surface area (Å²) in [6.07, 6.45) is 0. The highest BCUT2D eigenvalue weighted by molar-refractivity contribution is 5.92. The van der Waals surface area contributed by atoms with Crippen molar-refractivity contribution >= 4 is 17.8 Å². The van der Waals surface area contributed by atoms with E-state index in [4.69, 9.17) is 18.9 Å². The lowest BCUT2D eigenvalue weighted by atomic mass is 9.79. The molecule has 182 valence electrons.